The van der Waals surface area contributed by atoms with E-state index >= 15 is 0 Å². The predicted octanol–water partition coefficient (Wildman–Crippen LogP) is 0.632. The normalized spacial score (nSPS) is 15.3. The van der Waals surface area contributed by atoms with Crippen molar-refractivity contribution in [3.05, 3.63) is 24.2 Å². The molecule has 1 aliphatic heterocycles. The first-order chi connectivity index (χ1) is 4.30. The number of hydrogen-bond acceptors (Lipinski definition) is 3. The van der Waals surface area contributed by atoms with Gasteiger partial charge in [0.1, 0.15) is 11.3 Å². The molecule has 0 radical (unpaired) electrons. The summed E-state index contributed by atoms with van der Waals surface area (Å²) in [5.41, 5.74) is 5.91. The Morgan fingerprint density at radius 2 is 2.33 bits per heavy atom. The van der Waals surface area contributed by atoms with Gasteiger partial charge in [0.05, 0.1) is 5.57 Å². The highest BCUT2D eigenvalue weighted by atomic mass is 32.1. The molecule has 1 rings (SSSR count). The minimum Gasteiger partial charge on any atom is -0.389 e. The average Bonchev–Trinajstić information content (AvgIpc) is 1.90. The average molecular weight is 143 g/mol. The molecule has 1 heterocycles. The van der Waals surface area contributed by atoms with Crippen molar-refractivity contribution in [3.63, 3.8) is 0 Å². The smallest absolute Gasteiger partial charge is 0.153 e. The lowest BCUT2D eigenvalue weighted by atomic mass is 10.3. The third kappa shape index (κ3) is 1.43. The molecule has 3 nitrogen and oxygen atoms in total. The van der Waals surface area contributed by atoms with Gasteiger partial charge in [0, 0.05) is 0 Å². The van der Waals surface area contributed by atoms with Gasteiger partial charge in [-0.15, -0.1) is 0 Å². The van der Waals surface area contributed by atoms with Gasteiger partial charge in [-0.05, 0) is 6.08 Å². The maximum absolute atomic E-state index is 5.24. The highest BCUT2D eigenvalue weighted by molar-refractivity contribution is 7.80. The van der Waals surface area contributed by atoms with Gasteiger partial charge in [0.2, 0.25) is 0 Å². The second-order valence-electron chi connectivity index (χ2n) is 1.43. The Morgan fingerprint density at radius 1 is 1.56 bits per heavy atom. The van der Waals surface area contributed by atoms with Gasteiger partial charge in [-0.3, -0.25) is 9.78 Å². The molecule has 0 bridgehead atoms. The van der Waals surface area contributed by atoms with E-state index in [0.717, 1.165) is 0 Å². The van der Waals surface area contributed by atoms with Gasteiger partial charge < -0.3 is 5.73 Å². The number of rotatable bonds is 1. The maximum atomic E-state index is 5.24. The van der Waals surface area contributed by atoms with Crippen LogP contribution in [-0.2, 0) is 9.78 Å². The van der Waals surface area contributed by atoms with E-state index in [1.807, 2.05) is 0 Å². The third-order valence-corrected chi connectivity index (χ3v) is 1.05. The number of nitrogens with two attached hydrogens (primary N) is 1. The largest absolute Gasteiger partial charge is 0.389 e. The molecule has 0 fully saturated rings. The van der Waals surface area contributed by atoms with Crippen LogP contribution in [0.5, 0.6) is 0 Å². The monoisotopic (exact) mass is 143 g/mol. The fraction of sp³-hybridized carbons (Fsp3) is 0. The SMILES string of the molecule is NC(=S)C1=COOC=C1. The molecule has 1 aliphatic rings. The Balaban J connectivity index is 2.69. The second kappa shape index (κ2) is 2.50. The van der Waals surface area contributed by atoms with E-state index in [0.29, 0.717) is 10.6 Å². The van der Waals surface area contributed by atoms with E-state index in [4.69, 9.17) is 5.73 Å². The minimum atomic E-state index is 0.301. The molecule has 2 N–H and O–H groups in total. The number of thiocarbonyl (C=S) groups is 1. The van der Waals surface area contributed by atoms with E-state index in [1.54, 1.807) is 6.08 Å². The molecule has 0 spiro atoms. The van der Waals surface area contributed by atoms with Crippen LogP contribution < -0.4 is 5.73 Å². The van der Waals surface area contributed by atoms with Gasteiger partial charge in [0.25, 0.3) is 0 Å². The van der Waals surface area contributed by atoms with Crippen LogP contribution in [0.4, 0.5) is 0 Å². The molecule has 0 atom stereocenters. The van der Waals surface area contributed by atoms with Crippen molar-refractivity contribution >= 4 is 17.2 Å². The van der Waals surface area contributed by atoms with Gasteiger partial charge in [0.15, 0.2) is 6.26 Å². The molecule has 4 heteroatoms. The van der Waals surface area contributed by atoms with Crippen LogP contribution in [0, 0.1) is 0 Å². The van der Waals surface area contributed by atoms with Gasteiger partial charge in [-0.1, -0.05) is 12.2 Å². The van der Waals surface area contributed by atoms with Crippen molar-refractivity contribution in [2.75, 3.05) is 0 Å². The van der Waals surface area contributed by atoms with Gasteiger partial charge in [-0.2, -0.15) is 0 Å². The third-order valence-electron chi connectivity index (χ3n) is 0.818. The molecule has 0 amide bonds. The zero-order valence-electron chi connectivity index (χ0n) is 4.53. The summed E-state index contributed by atoms with van der Waals surface area (Å²) in [5.74, 6) is 0. The topological polar surface area (TPSA) is 44.5 Å². The highest BCUT2D eigenvalue weighted by Crippen LogP contribution is 2.03. The predicted molar refractivity (Wildman–Crippen MR) is 36.2 cm³/mol. The van der Waals surface area contributed by atoms with E-state index in [-0.39, 0.29) is 0 Å². The molecule has 0 aromatic heterocycles. The minimum absolute atomic E-state index is 0.301. The quantitative estimate of drug-likeness (QED) is 0.432. The van der Waals surface area contributed by atoms with Crippen molar-refractivity contribution in [1.82, 2.24) is 0 Å². The molecule has 0 saturated heterocycles. The van der Waals surface area contributed by atoms with Crippen LogP contribution in [0.15, 0.2) is 24.2 Å². The second-order valence-corrected chi connectivity index (χ2v) is 1.87. The summed E-state index contributed by atoms with van der Waals surface area (Å²) in [6, 6.07) is 0. The molecule has 0 unspecified atom stereocenters. The van der Waals surface area contributed by atoms with Crippen molar-refractivity contribution in [1.29, 1.82) is 0 Å². The first kappa shape index (κ1) is 6.10. The fourth-order valence-corrected chi connectivity index (χ4v) is 0.508. The van der Waals surface area contributed by atoms with E-state index in [2.05, 4.69) is 22.0 Å². The molecule has 0 aromatic rings. The highest BCUT2D eigenvalue weighted by Gasteiger charge is 1.99. The van der Waals surface area contributed by atoms with Gasteiger partial charge in [-0.25, -0.2) is 0 Å². The summed E-state index contributed by atoms with van der Waals surface area (Å²) in [7, 11) is 0. The lowest BCUT2D eigenvalue weighted by Gasteiger charge is -2.03. The summed E-state index contributed by atoms with van der Waals surface area (Å²) in [6.45, 7) is 0. The van der Waals surface area contributed by atoms with E-state index in [1.165, 1.54) is 12.5 Å². The molecule has 0 aromatic carbocycles. The summed E-state index contributed by atoms with van der Waals surface area (Å²) in [4.78, 5) is 9.11. The van der Waals surface area contributed by atoms with Crippen LogP contribution in [0.1, 0.15) is 0 Å². The van der Waals surface area contributed by atoms with Crippen molar-refractivity contribution in [2.45, 2.75) is 0 Å². The Morgan fingerprint density at radius 3 is 2.67 bits per heavy atom. The van der Waals surface area contributed by atoms with Crippen LogP contribution in [-0.4, -0.2) is 4.99 Å². The van der Waals surface area contributed by atoms with Crippen LogP contribution in [0.3, 0.4) is 0 Å². The van der Waals surface area contributed by atoms with E-state index in [9.17, 15) is 0 Å². The van der Waals surface area contributed by atoms with Crippen LogP contribution in [0.2, 0.25) is 0 Å². The maximum Gasteiger partial charge on any atom is 0.153 e. The lowest BCUT2D eigenvalue weighted by molar-refractivity contribution is -0.199. The molecule has 0 saturated carbocycles. The zero-order valence-corrected chi connectivity index (χ0v) is 5.35. The van der Waals surface area contributed by atoms with Crippen molar-refractivity contribution in [2.24, 2.45) is 5.73 Å². The van der Waals surface area contributed by atoms with Crippen LogP contribution >= 0.6 is 12.2 Å². The lowest BCUT2D eigenvalue weighted by Crippen LogP contribution is -2.11. The van der Waals surface area contributed by atoms with Crippen LogP contribution in [0.25, 0.3) is 0 Å². The first-order valence-electron chi connectivity index (χ1n) is 2.29. The van der Waals surface area contributed by atoms with Crippen molar-refractivity contribution in [3.8, 4) is 0 Å². The van der Waals surface area contributed by atoms with E-state index < -0.39 is 0 Å². The molecular weight excluding hydrogens is 138 g/mol. The molecule has 9 heavy (non-hydrogen) atoms. The Kier molecular flexibility index (Phi) is 1.69. The fourth-order valence-electron chi connectivity index (χ4n) is 0.392. The Hall–Kier alpha value is -1.03. The summed E-state index contributed by atoms with van der Waals surface area (Å²) in [6.07, 6.45) is 4.35. The standard InChI is InChI=1S/C5H5NO2S/c6-5(9)4-1-2-7-8-3-4/h1-3H,(H2,6,9). The Labute approximate surface area is 57.7 Å². The molecular formula is C5H5NO2S. The zero-order chi connectivity index (χ0) is 6.69. The molecule has 48 valence electrons. The first-order valence-corrected chi connectivity index (χ1v) is 2.70. The van der Waals surface area contributed by atoms with Gasteiger partial charge >= 0.3 is 0 Å². The number of hydrogen-bond donors (Lipinski definition) is 1. The van der Waals surface area contributed by atoms with Crippen molar-refractivity contribution < 1.29 is 9.78 Å². The Bertz CT molecular complexity index is 185. The summed E-state index contributed by atoms with van der Waals surface area (Å²) < 4.78 is 0. The molecule has 0 aliphatic carbocycles. The summed E-state index contributed by atoms with van der Waals surface area (Å²) >= 11 is 4.64. The summed E-state index contributed by atoms with van der Waals surface area (Å²) in [5, 5.41) is 0.